The van der Waals surface area contributed by atoms with Gasteiger partial charge >= 0.3 is 5.97 Å². The van der Waals surface area contributed by atoms with Crippen LogP contribution >= 0.6 is 10.5 Å². The Morgan fingerprint density at radius 3 is 2.12 bits per heavy atom. The van der Waals surface area contributed by atoms with Crippen molar-refractivity contribution in [3.05, 3.63) is 0 Å². The zero-order valence-electron chi connectivity index (χ0n) is 9.77. The SMILES string of the molecule is CS(CC(=O)O)=C1C(=O)C2CCCCC2C1=O. The minimum atomic E-state index is -0.946. The van der Waals surface area contributed by atoms with E-state index in [1.165, 1.54) is 0 Å². The van der Waals surface area contributed by atoms with Crippen molar-refractivity contribution < 1.29 is 19.5 Å². The fraction of sp³-hybridized carbons (Fsp3) is 0.667. The van der Waals surface area contributed by atoms with Crippen molar-refractivity contribution in [2.24, 2.45) is 11.8 Å². The summed E-state index contributed by atoms with van der Waals surface area (Å²) in [5, 5.41) is 8.75. The van der Waals surface area contributed by atoms with Gasteiger partial charge in [-0.2, -0.15) is 10.5 Å². The summed E-state index contributed by atoms with van der Waals surface area (Å²) in [5.41, 5.74) is 0. The zero-order valence-corrected chi connectivity index (χ0v) is 10.6. The van der Waals surface area contributed by atoms with Gasteiger partial charge in [0, 0.05) is 11.8 Å². The molecule has 0 amide bonds. The van der Waals surface area contributed by atoms with Crippen molar-refractivity contribution in [2.75, 3.05) is 12.0 Å². The van der Waals surface area contributed by atoms with E-state index < -0.39 is 16.5 Å². The number of hydrogen-bond acceptors (Lipinski definition) is 3. The van der Waals surface area contributed by atoms with Crippen molar-refractivity contribution in [3.8, 4) is 0 Å². The molecule has 0 bridgehead atoms. The topological polar surface area (TPSA) is 71.4 Å². The summed E-state index contributed by atoms with van der Waals surface area (Å²) < 4.78 is 0. The van der Waals surface area contributed by atoms with Gasteiger partial charge in [0.1, 0.15) is 0 Å². The third-order valence-electron chi connectivity index (χ3n) is 3.58. The van der Waals surface area contributed by atoms with E-state index in [0.717, 1.165) is 25.7 Å². The predicted molar refractivity (Wildman–Crippen MR) is 66.5 cm³/mol. The highest BCUT2D eigenvalue weighted by atomic mass is 32.2. The molecular weight excluding hydrogens is 240 g/mol. The van der Waals surface area contributed by atoms with Gasteiger partial charge in [0.25, 0.3) is 0 Å². The van der Waals surface area contributed by atoms with Crippen molar-refractivity contribution in [2.45, 2.75) is 25.7 Å². The summed E-state index contributed by atoms with van der Waals surface area (Å²) in [4.78, 5) is 35.2. The fourth-order valence-corrected chi connectivity index (χ4v) is 4.32. The monoisotopic (exact) mass is 256 g/mol. The van der Waals surface area contributed by atoms with Crippen LogP contribution in [0.25, 0.3) is 0 Å². The highest BCUT2D eigenvalue weighted by molar-refractivity contribution is 8.18. The van der Waals surface area contributed by atoms with E-state index in [-0.39, 0.29) is 29.2 Å². The molecule has 0 aliphatic heterocycles. The minimum Gasteiger partial charge on any atom is -0.481 e. The first-order valence-electron chi connectivity index (χ1n) is 5.82. The number of aliphatic carboxylic acids is 1. The molecular formula is C12H16O4S. The summed E-state index contributed by atoms with van der Waals surface area (Å²) in [6.07, 6.45) is 5.29. The Bertz CT molecular complexity index is 398. The molecule has 2 fully saturated rings. The summed E-state index contributed by atoms with van der Waals surface area (Å²) in [5.74, 6) is -1.46. The lowest BCUT2D eigenvalue weighted by molar-refractivity contribution is -0.133. The number of ketones is 2. The molecule has 2 aliphatic carbocycles. The molecule has 0 radical (unpaired) electrons. The Labute approximate surface area is 102 Å². The molecule has 3 atom stereocenters. The summed E-state index contributed by atoms with van der Waals surface area (Å²) >= 11 is 0. The van der Waals surface area contributed by atoms with Crippen molar-refractivity contribution in [3.63, 3.8) is 0 Å². The first-order valence-corrected chi connectivity index (χ1v) is 7.62. The highest BCUT2D eigenvalue weighted by Crippen LogP contribution is 2.38. The molecule has 4 nitrogen and oxygen atoms in total. The number of rotatable bonds is 2. The normalized spacial score (nSPS) is 30.3. The van der Waals surface area contributed by atoms with Crippen molar-refractivity contribution in [1.82, 2.24) is 0 Å². The number of hydrogen-bond donors (Lipinski definition) is 1. The minimum absolute atomic E-state index is 0.0632. The molecule has 0 aromatic rings. The standard InChI is InChI=1S/C12H16O4S/c1-17(6-9(13)14)12-10(15)7-4-2-3-5-8(7)11(12)16/h7-8H,2-6H2,1H3,(H,13,14). The molecule has 2 saturated carbocycles. The van der Waals surface area contributed by atoms with Crippen LogP contribution in [0.15, 0.2) is 0 Å². The van der Waals surface area contributed by atoms with E-state index in [1.807, 2.05) is 0 Å². The van der Waals surface area contributed by atoms with Crippen LogP contribution in [0.3, 0.4) is 0 Å². The average molecular weight is 256 g/mol. The van der Waals surface area contributed by atoms with Crippen LogP contribution in [-0.4, -0.2) is 39.5 Å². The van der Waals surface area contributed by atoms with E-state index in [4.69, 9.17) is 5.11 Å². The third kappa shape index (κ3) is 2.20. The zero-order chi connectivity index (χ0) is 12.6. The maximum absolute atomic E-state index is 12.1. The van der Waals surface area contributed by atoms with Gasteiger partial charge in [0.05, 0.1) is 10.6 Å². The number of Topliss-reactive ketones (excluding diaryl/α,β-unsaturated/α-hetero) is 2. The van der Waals surface area contributed by atoms with Gasteiger partial charge in [-0.15, -0.1) is 0 Å². The van der Waals surface area contributed by atoms with Crippen LogP contribution in [0.5, 0.6) is 0 Å². The van der Waals surface area contributed by atoms with Gasteiger partial charge in [-0.1, -0.05) is 12.8 Å². The van der Waals surface area contributed by atoms with E-state index >= 15 is 0 Å². The molecule has 5 heteroatoms. The van der Waals surface area contributed by atoms with E-state index in [9.17, 15) is 14.4 Å². The Morgan fingerprint density at radius 1 is 1.24 bits per heavy atom. The first kappa shape index (κ1) is 12.5. The van der Waals surface area contributed by atoms with Crippen LogP contribution in [0, 0.1) is 11.8 Å². The summed E-state index contributed by atoms with van der Waals surface area (Å²) in [6, 6.07) is 0. The molecule has 0 heterocycles. The van der Waals surface area contributed by atoms with Gasteiger partial charge in [-0.3, -0.25) is 14.4 Å². The Hall–Kier alpha value is -0.970. The fourth-order valence-electron chi connectivity index (χ4n) is 2.82. The number of fused-ring (bicyclic) bond motifs is 1. The van der Waals surface area contributed by atoms with Crippen LogP contribution in [0.1, 0.15) is 25.7 Å². The summed E-state index contributed by atoms with van der Waals surface area (Å²) in [7, 11) is -0.734. The van der Waals surface area contributed by atoms with E-state index in [2.05, 4.69) is 0 Å². The molecule has 0 spiro atoms. The van der Waals surface area contributed by atoms with Crippen LogP contribution in [0.4, 0.5) is 0 Å². The van der Waals surface area contributed by atoms with Gasteiger partial charge in [0.15, 0.2) is 11.6 Å². The maximum atomic E-state index is 12.1. The van der Waals surface area contributed by atoms with Crippen molar-refractivity contribution in [1.29, 1.82) is 0 Å². The van der Waals surface area contributed by atoms with Crippen LogP contribution < -0.4 is 0 Å². The Kier molecular flexibility index (Phi) is 3.47. The smallest absolute Gasteiger partial charge is 0.312 e. The largest absolute Gasteiger partial charge is 0.481 e. The Morgan fingerprint density at radius 2 is 1.71 bits per heavy atom. The van der Waals surface area contributed by atoms with Gasteiger partial charge < -0.3 is 5.11 Å². The predicted octanol–water partition coefficient (Wildman–Crippen LogP) is 1.10. The quantitative estimate of drug-likeness (QED) is 0.751. The lowest BCUT2D eigenvalue weighted by Gasteiger charge is -2.21. The maximum Gasteiger partial charge on any atom is 0.312 e. The summed E-state index contributed by atoms with van der Waals surface area (Å²) in [6.45, 7) is 0. The Balaban J connectivity index is 2.33. The van der Waals surface area contributed by atoms with E-state index in [0.29, 0.717) is 4.86 Å². The van der Waals surface area contributed by atoms with Crippen molar-refractivity contribution >= 4 is 32.9 Å². The number of carbonyl (C=O) groups excluding carboxylic acids is 2. The second-order valence-electron chi connectivity index (χ2n) is 4.73. The molecule has 1 N–H and O–H groups in total. The van der Waals surface area contributed by atoms with Gasteiger partial charge in [-0.05, 0) is 19.1 Å². The second kappa shape index (κ2) is 4.72. The van der Waals surface area contributed by atoms with Crippen LogP contribution in [-0.2, 0) is 14.4 Å². The van der Waals surface area contributed by atoms with Gasteiger partial charge in [0.2, 0.25) is 0 Å². The molecule has 17 heavy (non-hydrogen) atoms. The lowest BCUT2D eigenvalue weighted by atomic mass is 9.81. The average Bonchev–Trinajstić information content (AvgIpc) is 2.51. The molecule has 0 aromatic heterocycles. The molecule has 94 valence electrons. The molecule has 0 saturated heterocycles. The molecule has 2 aliphatic rings. The third-order valence-corrected chi connectivity index (χ3v) is 5.35. The number of carbonyl (C=O) groups is 3. The first-order chi connectivity index (χ1) is 8.02. The molecule has 3 unspecified atom stereocenters. The van der Waals surface area contributed by atoms with E-state index in [1.54, 1.807) is 6.26 Å². The lowest BCUT2D eigenvalue weighted by Crippen LogP contribution is -2.21. The van der Waals surface area contributed by atoms with Crippen LogP contribution in [0.2, 0.25) is 0 Å². The van der Waals surface area contributed by atoms with Gasteiger partial charge in [-0.25, -0.2) is 0 Å². The second-order valence-corrected chi connectivity index (χ2v) is 6.70. The molecule has 2 rings (SSSR count). The highest BCUT2D eigenvalue weighted by Gasteiger charge is 2.47. The molecule has 0 aromatic carbocycles. The number of carboxylic acids is 1. The number of carboxylic acid groups (broad SMARTS) is 1.